The standard InChI is InChI=1S/C38H24N4/c1-3-11-25(12-4-1)26-19-21-28(22-20-26)42-33-18-10-8-16-30(33)35-36-31(23-39-24-40-36)34-29-15-7-9-17-32(29)41(37(34)38(35)42)27-13-5-2-6-14-27/h1-24H. The Labute approximate surface area is 241 Å². The molecule has 9 rings (SSSR count). The summed E-state index contributed by atoms with van der Waals surface area (Å²) < 4.78 is 4.83. The largest absolute Gasteiger partial charge is 0.307 e. The van der Waals surface area contributed by atoms with Crippen LogP contribution in [-0.2, 0) is 0 Å². The number of hydrogen-bond donors (Lipinski definition) is 0. The van der Waals surface area contributed by atoms with E-state index in [1.807, 2.05) is 6.20 Å². The van der Waals surface area contributed by atoms with E-state index >= 15 is 0 Å². The molecule has 0 N–H and O–H groups in total. The summed E-state index contributed by atoms with van der Waals surface area (Å²) in [6, 6.07) is 47.5. The fourth-order valence-corrected chi connectivity index (χ4v) is 6.70. The molecule has 0 aliphatic heterocycles. The van der Waals surface area contributed by atoms with E-state index in [1.54, 1.807) is 6.33 Å². The van der Waals surface area contributed by atoms with Crippen LogP contribution in [0.15, 0.2) is 146 Å². The van der Waals surface area contributed by atoms with Crippen LogP contribution in [-0.4, -0.2) is 19.1 Å². The Morgan fingerprint density at radius 1 is 0.429 bits per heavy atom. The molecule has 0 atom stereocenters. The number of hydrogen-bond acceptors (Lipinski definition) is 2. The first-order valence-electron chi connectivity index (χ1n) is 14.2. The molecule has 0 spiro atoms. The van der Waals surface area contributed by atoms with Gasteiger partial charge in [0.05, 0.1) is 27.6 Å². The van der Waals surface area contributed by atoms with Crippen LogP contribution < -0.4 is 0 Å². The summed E-state index contributed by atoms with van der Waals surface area (Å²) in [5.41, 5.74) is 10.2. The molecule has 42 heavy (non-hydrogen) atoms. The van der Waals surface area contributed by atoms with Gasteiger partial charge in [-0.2, -0.15) is 0 Å². The minimum Gasteiger partial charge on any atom is -0.307 e. The molecule has 0 saturated carbocycles. The Hall–Kier alpha value is -5.74. The average Bonchev–Trinajstić information content (AvgIpc) is 3.60. The van der Waals surface area contributed by atoms with Crippen molar-refractivity contribution in [3.8, 4) is 22.5 Å². The van der Waals surface area contributed by atoms with E-state index in [1.165, 1.54) is 27.3 Å². The minimum absolute atomic E-state index is 0.972. The molecule has 0 unspecified atom stereocenters. The summed E-state index contributed by atoms with van der Waals surface area (Å²) >= 11 is 0. The molecule has 9 aromatic rings. The average molecular weight is 537 g/mol. The highest BCUT2D eigenvalue weighted by atomic mass is 15.0. The van der Waals surface area contributed by atoms with Gasteiger partial charge < -0.3 is 9.13 Å². The number of nitrogens with zero attached hydrogens (tertiary/aromatic N) is 4. The van der Waals surface area contributed by atoms with Gasteiger partial charge in [-0.1, -0.05) is 97.1 Å². The summed E-state index contributed by atoms with van der Waals surface area (Å²) in [6.45, 7) is 0. The van der Waals surface area contributed by atoms with Crippen molar-refractivity contribution in [2.45, 2.75) is 0 Å². The smallest absolute Gasteiger partial charge is 0.116 e. The second-order valence-corrected chi connectivity index (χ2v) is 10.7. The van der Waals surface area contributed by atoms with Gasteiger partial charge in [0, 0.05) is 44.5 Å². The molecule has 0 fully saturated rings. The van der Waals surface area contributed by atoms with E-state index in [-0.39, 0.29) is 0 Å². The highest BCUT2D eigenvalue weighted by Gasteiger charge is 2.25. The van der Waals surface area contributed by atoms with Crippen LogP contribution in [0.25, 0.3) is 77.0 Å². The van der Waals surface area contributed by atoms with Crippen molar-refractivity contribution >= 4 is 54.5 Å². The van der Waals surface area contributed by atoms with Crippen LogP contribution in [0.4, 0.5) is 0 Å². The zero-order chi connectivity index (χ0) is 27.6. The van der Waals surface area contributed by atoms with Crippen LogP contribution in [0, 0.1) is 0 Å². The molecule has 3 heterocycles. The first-order valence-corrected chi connectivity index (χ1v) is 14.2. The monoisotopic (exact) mass is 536 g/mol. The van der Waals surface area contributed by atoms with Crippen molar-refractivity contribution in [1.29, 1.82) is 0 Å². The number of aromatic nitrogens is 4. The molecule has 3 aromatic heterocycles. The van der Waals surface area contributed by atoms with Gasteiger partial charge in [-0.05, 0) is 47.5 Å². The summed E-state index contributed by atoms with van der Waals surface area (Å²) in [5, 5.41) is 5.74. The van der Waals surface area contributed by atoms with E-state index in [2.05, 4.69) is 148 Å². The maximum absolute atomic E-state index is 4.93. The van der Waals surface area contributed by atoms with E-state index in [0.717, 1.165) is 49.7 Å². The van der Waals surface area contributed by atoms with Crippen LogP contribution in [0.2, 0.25) is 0 Å². The molecule has 0 aliphatic carbocycles. The fourth-order valence-electron chi connectivity index (χ4n) is 6.70. The van der Waals surface area contributed by atoms with Crippen molar-refractivity contribution in [2.24, 2.45) is 0 Å². The minimum atomic E-state index is 0.972. The first-order chi connectivity index (χ1) is 20.9. The first kappa shape index (κ1) is 23.0. The molecular weight excluding hydrogens is 512 g/mol. The summed E-state index contributed by atoms with van der Waals surface area (Å²) in [4.78, 5) is 9.44. The molecule has 0 radical (unpaired) electrons. The van der Waals surface area contributed by atoms with Crippen LogP contribution in [0.3, 0.4) is 0 Å². The third-order valence-electron chi connectivity index (χ3n) is 8.44. The highest BCUT2D eigenvalue weighted by Crippen LogP contribution is 2.45. The third-order valence-corrected chi connectivity index (χ3v) is 8.44. The second-order valence-electron chi connectivity index (χ2n) is 10.7. The molecule has 6 aromatic carbocycles. The molecule has 0 aliphatic rings. The lowest BCUT2D eigenvalue weighted by Gasteiger charge is -2.14. The SMILES string of the molecule is c1ccc(-c2ccc(-n3c4ccccc4c4c5ncncc5c5c6ccccc6n(-c6ccccc6)c5c43)cc2)cc1. The topological polar surface area (TPSA) is 35.6 Å². The van der Waals surface area contributed by atoms with Crippen LogP contribution >= 0.6 is 0 Å². The zero-order valence-corrected chi connectivity index (χ0v) is 22.6. The van der Waals surface area contributed by atoms with Crippen LogP contribution in [0.1, 0.15) is 0 Å². The van der Waals surface area contributed by atoms with Crippen molar-refractivity contribution in [1.82, 2.24) is 19.1 Å². The molecule has 4 nitrogen and oxygen atoms in total. The third kappa shape index (κ3) is 3.17. The maximum Gasteiger partial charge on any atom is 0.116 e. The van der Waals surface area contributed by atoms with E-state index < -0.39 is 0 Å². The molecule has 196 valence electrons. The number of benzene rings is 6. The van der Waals surface area contributed by atoms with E-state index in [4.69, 9.17) is 4.98 Å². The predicted molar refractivity (Wildman–Crippen MR) is 174 cm³/mol. The lowest BCUT2D eigenvalue weighted by molar-refractivity contribution is 1.15. The highest BCUT2D eigenvalue weighted by molar-refractivity contribution is 6.35. The second kappa shape index (κ2) is 8.88. The van der Waals surface area contributed by atoms with Gasteiger partial charge in [0.1, 0.15) is 6.33 Å². The summed E-state index contributed by atoms with van der Waals surface area (Å²) in [7, 11) is 0. The maximum atomic E-state index is 4.93. The fraction of sp³-hybridized carbons (Fsp3) is 0. The normalized spacial score (nSPS) is 11.8. The quantitative estimate of drug-likeness (QED) is 0.225. The molecule has 0 bridgehead atoms. The Bertz CT molecular complexity index is 2430. The Kier molecular flexibility index (Phi) is 4.87. The van der Waals surface area contributed by atoms with Gasteiger partial charge in [-0.15, -0.1) is 0 Å². The van der Waals surface area contributed by atoms with Crippen molar-refractivity contribution in [3.63, 3.8) is 0 Å². The van der Waals surface area contributed by atoms with Gasteiger partial charge in [0.25, 0.3) is 0 Å². The Morgan fingerprint density at radius 2 is 0.952 bits per heavy atom. The molecule has 0 saturated heterocycles. The van der Waals surface area contributed by atoms with Gasteiger partial charge in [0.2, 0.25) is 0 Å². The zero-order valence-electron chi connectivity index (χ0n) is 22.6. The number of fused-ring (bicyclic) bond motifs is 10. The van der Waals surface area contributed by atoms with Crippen molar-refractivity contribution in [2.75, 3.05) is 0 Å². The molecule has 4 heteroatoms. The van der Waals surface area contributed by atoms with Gasteiger partial charge in [0.15, 0.2) is 0 Å². The lowest BCUT2D eigenvalue weighted by Crippen LogP contribution is -1.99. The lowest BCUT2D eigenvalue weighted by atomic mass is 10.0. The van der Waals surface area contributed by atoms with Gasteiger partial charge in [-0.3, -0.25) is 0 Å². The summed E-state index contributed by atoms with van der Waals surface area (Å²) in [6.07, 6.45) is 3.65. The van der Waals surface area contributed by atoms with E-state index in [0.29, 0.717) is 0 Å². The molecular formula is C38H24N4. The number of para-hydroxylation sites is 3. The number of rotatable bonds is 3. The van der Waals surface area contributed by atoms with Crippen molar-refractivity contribution in [3.05, 3.63) is 146 Å². The van der Waals surface area contributed by atoms with Gasteiger partial charge >= 0.3 is 0 Å². The van der Waals surface area contributed by atoms with Crippen LogP contribution in [0.5, 0.6) is 0 Å². The predicted octanol–water partition coefficient (Wildman–Crippen LogP) is 9.49. The van der Waals surface area contributed by atoms with E-state index in [9.17, 15) is 0 Å². The van der Waals surface area contributed by atoms with Gasteiger partial charge in [-0.25, -0.2) is 9.97 Å². The Morgan fingerprint density at radius 3 is 1.64 bits per heavy atom. The van der Waals surface area contributed by atoms with Crippen molar-refractivity contribution < 1.29 is 0 Å². The summed E-state index contributed by atoms with van der Waals surface area (Å²) in [5.74, 6) is 0. The Balaban J connectivity index is 1.52. The molecule has 0 amide bonds.